The van der Waals surface area contributed by atoms with Crippen LogP contribution in [-0.2, 0) is 0 Å². The Morgan fingerprint density at radius 1 is 1.20 bits per heavy atom. The van der Waals surface area contributed by atoms with E-state index in [1.807, 2.05) is 0 Å². The molecule has 1 atom stereocenters. The normalized spacial score (nSPS) is 20.4. The molecule has 1 aliphatic rings. The third-order valence-corrected chi connectivity index (χ3v) is 3.57. The highest BCUT2D eigenvalue weighted by molar-refractivity contribution is 4.71. The molecule has 3 N–H and O–H groups in total. The molecule has 0 spiro atoms. The van der Waals surface area contributed by atoms with Crippen LogP contribution in [0.15, 0.2) is 0 Å². The molecule has 2 heteroatoms. The Labute approximate surface area is 95.0 Å². The largest absolute Gasteiger partial charge is 0.330 e. The van der Waals surface area contributed by atoms with Crippen LogP contribution in [-0.4, -0.2) is 19.1 Å². The second-order valence-electron chi connectivity index (χ2n) is 5.11. The van der Waals surface area contributed by atoms with Gasteiger partial charge < -0.3 is 11.1 Å². The van der Waals surface area contributed by atoms with E-state index in [0.717, 1.165) is 18.5 Å². The summed E-state index contributed by atoms with van der Waals surface area (Å²) in [5.74, 6) is 0.808. The average Bonchev–Trinajstić information content (AvgIpc) is 2.26. The van der Waals surface area contributed by atoms with Crippen LogP contribution in [0.5, 0.6) is 0 Å². The first-order chi connectivity index (χ1) is 7.33. The number of nitrogens with one attached hydrogen (secondary N) is 1. The molecule has 1 unspecified atom stereocenters. The summed E-state index contributed by atoms with van der Waals surface area (Å²) in [6, 6.07) is 0.823. The maximum atomic E-state index is 5.53. The lowest BCUT2D eigenvalue weighted by molar-refractivity contribution is 0.363. The minimum absolute atomic E-state index is 0.808. The van der Waals surface area contributed by atoms with Gasteiger partial charge in [-0.25, -0.2) is 0 Å². The highest BCUT2D eigenvalue weighted by atomic mass is 14.9. The Kier molecular flexibility index (Phi) is 7.03. The van der Waals surface area contributed by atoms with Gasteiger partial charge in [0.25, 0.3) is 0 Å². The zero-order chi connectivity index (χ0) is 10.9. The number of rotatable bonds is 7. The Bertz CT molecular complexity index is 141. The SMILES string of the molecule is CC(CCN)CCCNC1CCCCC1. The second-order valence-corrected chi connectivity index (χ2v) is 5.11. The zero-order valence-corrected chi connectivity index (χ0v) is 10.3. The molecule has 1 fully saturated rings. The standard InChI is InChI=1S/C13H28N2/c1-12(9-10-14)6-5-11-15-13-7-3-2-4-8-13/h12-13,15H,2-11,14H2,1H3. The number of hydrogen-bond acceptors (Lipinski definition) is 2. The van der Waals surface area contributed by atoms with E-state index < -0.39 is 0 Å². The van der Waals surface area contributed by atoms with Crippen molar-refractivity contribution in [2.75, 3.05) is 13.1 Å². The van der Waals surface area contributed by atoms with Gasteiger partial charge in [-0.15, -0.1) is 0 Å². The fourth-order valence-corrected chi connectivity index (χ4v) is 2.49. The Morgan fingerprint density at radius 3 is 2.60 bits per heavy atom. The molecule has 0 saturated heterocycles. The van der Waals surface area contributed by atoms with Crippen molar-refractivity contribution in [2.24, 2.45) is 11.7 Å². The minimum atomic E-state index is 0.808. The van der Waals surface area contributed by atoms with Crippen molar-refractivity contribution in [1.82, 2.24) is 5.32 Å². The van der Waals surface area contributed by atoms with Crippen molar-refractivity contribution in [3.8, 4) is 0 Å². The smallest absolute Gasteiger partial charge is 0.00670 e. The topological polar surface area (TPSA) is 38.0 Å². The lowest BCUT2D eigenvalue weighted by atomic mass is 9.95. The predicted molar refractivity (Wildman–Crippen MR) is 66.9 cm³/mol. The van der Waals surface area contributed by atoms with Crippen LogP contribution in [0.25, 0.3) is 0 Å². The molecule has 0 heterocycles. The molecule has 0 aromatic heterocycles. The van der Waals surface area contributed by atoms with Crippen LogP contribution in [0, 0.1) is 5.92 Å². The molecular formula is C13H28N2. The molecule has 0 amide bonds. The minimum Gasteiger partial charge on any atom is -0.330 e. The van der Waals surface area contributed by atoms with Gasteiger partial charge in [0.05, 0.1) is 0 Å². The molecule has 90 valence electrons. The van der Waals surface area contributed by atoms with Gasteiger partial charge in [0, 0.05) is 6.04 Å². The van der Waals surface area contributed by atoms with E-state index in [1.54, 1.807) is 0 Å². The first-order valence-electron chi connectivity index (χ1n) is 6.76. The van der Waals surface area contributed by atoms with Crippen molar-refractivity contribution in [3.63, 3.8) is 0 Å². The van der Waals surface area contributed by atoms with Crippen molar-refractivity contribution >= 4 is 0 Å². The maximum Gasteiger partial charge on any atom is 0.00670 e. The molecule has 1 saturated carbocycles. The van der Waals surface area contributed by atoms with Gasteiger partial charge in [-0.05, 0) is 51.1 Å². The molecule has 15 heavy (non-hydrogen) atoms. The van der Waals surface area contributed by atoms with Crippen molar-refractivity contribution < 1.29 is 0 Å². The van der Waals surface area contributed by atoms with E-state index in [0.29, 0.717) is 0 Å². The summed E-state index contributed by atoms with van der Waals surface area (Å²) in [4.78, 5) is 0. The van der Waals surface area contributed by atoms with Crippen molar-refractivity contribution in [1.29, 1.82) is 0 Å². The van der Waals surface area contributed by atoms with Crippen molar-refractivity contribution in [2.45, 2.75) is 64.3 Å². The monoisotopic (exact) mass is 212 g/mol. The highest BCUT2D eigenvalue weighted by Crippen LogP contribution is 2.17. The molecule has 0 bridgehead atoms. The fourth-order valence-electron chi connectivity index (χ4n) is 2.49. The summed E-state index contributed by atoms with van der Waals surface area (Å²) >= 11 is 0. The zero-order valence-electron chi connectivity index (χ0n) is 10.3. The first-order valence-corrected chi connectivity index (χ1v) is 6.76. The third-order valence-electron chi connectivity index (χ3n) is 3.57. The Balaban J connectivity index is 1.91. The number of hydrogen-bond donors (Lipinski definition) is 2. The highest BCUT2D eigenvalue weighted by Gasteiger charge is 2.11. The van der Waals surface area contributed by atoms with Crippen LogP contribution < -0.4 is 11.1 Å². The number of nitrogens with two attached hydrogens (primary N) is 1. The Hall–Kier alpha value is -0.0800. The van der Waals surface area contributed by atoms with E-state index in [1.165, 1.54) is 57.9 Å². The van der Waals surface area contributed by atoms with Gasteiger partial charge in [0.15, 0.2) is 0 Å². The Morgan fingerprint density at radius 2 is 1.93 bits per heavy atom. The van der Waals surface area contributed by atoms with Gasteiger partial charge in [-0.1, -0.05) is 26.2 Å². The van der Waals surface area contributed by atoms with Crippen molar-refractivity contribution in [3.05, 3.63) is 0 Å². The average molecular weight is 212 g/mol. The van der Waals surface area contributed by atoms with E-state index >= 15 is 0 Å². The van der Waals surface area contributed by atoms with Gasteiger partial charge in [-0.3, -0.25) is 0 Å². The fraction of sp³-hybridized carbons (Fsp3) is 1.00. The molecule has 0 aromatic carbocycles. The molecule has 0 aromatic rings. The molecule has 1 rings (SSSR count). The summed E-state index contributed by atoms with van der Waals surface area (Å²) in [7, 11) is 0. The van der Waals surface area contributed by atoms with Gasteiger partial charge >= 0.3 is 0 Å². The van der Waals surface area contributed by atoms with Crippen LogP contribution in [0.2, 0.25) is 0 Å². The molecule has 1 aliphatic carbocycles. The lowest BCUT2D eigenvalue weighted by Crippen LogP contribution is -2.31. The second kappa shape index (κ2) is 8.12. The molecule has 0 aliphatic heterocycles. The van der Waals surface area contributed by atoms with E-state index in [-0.39, 0.29) is 0 Å². The summed E-state index contributed by atoms with van der Waals surface area (Å²) < 4.78 is 0. The van der Waals surface area contributed by atoms with Gasteiger partial charge in [0.2, 0.25) is 0 Å². The van der Waals surface area contributed by atoms with Crippen LogP contribution in [0.4, 0.5) is 0 Å². The van der Waals surface area contributed by atoms with E-state index in [2.05, 4.69) is 12.2 Å². The summed E-state index contributed by atoms with van der Waals surface area (Å²) in [5, 5.41) is 3.69. The maximum absolute atomic E-state index is 5.53. The van der Waals surface area contributed by atoms with Crippen LogP contribution in [0.3, 0.4) is 0 Å². The third kappa shape index (κ3) is 6.16. The van der Waals surface area contributed by atoms with Crippen LogP contribution in [0.1, 0.15) is 58.3 Å². The van der Waals surface area contributed by atoms with E-state index in [9.17, 15) is 0 Å². The first kappa shape index (κ1) is 13.0. The molecule has 2 nitrogen and oxygen atoms in total. The van der Waals surface area contributed by atoms with Gasteiger partial charge in [0.1, 0.15) is 0 Å². The molecular weight excluding hydrogens is 184 g/mol. The summed E-state index contributed by atoms with van der Waals surface area (Å²) in [6.07, 6.45) is 10.9. The predicted octanol–water partition coefficient (Wildman–Crippen LogP) is 2.67. The summed E-state index contributed by atoms with van der Waals surface area (Å²) in [6.45, 7) is 4.37. The van der Waals surface area contributed by atoms with E-state index in [4.69, 9.17) is 5.73 Å². The van der Waals surface area contributed by atoms with Crippen LogP contribution >= 0.6 is 0 Å². The molecule has 0 radical (unpaired) electrons. The quantitative estimate of drug-likeness (QED) is 0.637. The summed E-state index contributed by atoms with van der Waals surface area (Å²) in [5.41, 5.74) is 5.53. The van der Waals surface area contributed by atoms with Gasteiger partial charge in [-0.2, -0.15) is 0 Å². The lowest BCUT2D eigenvalue weighted by Gasteiger charge is -2.23.